The molecule has 0 aromatic heterocycles. The van der Waals surface area contributed by atoms with E-state index in [4.69, 9.17) is 4.74 Å². The first kappa shape index (κ1) is 18.2. The van der Waals surface area contributed by atoms with E-state index in [1.54, 1.807) is 0 Å². The van der Waals surface area contributed by atoms with Crippen LogP contribution in [0.1, 0.15) is 49.4 Å². The highest BCUT2D eigenvalue weighted by molar-refractivity contribution is 9.10. The van der Waals surface area contributed by atoms with E-state index < -0.39 is 0 Å². The number of ether oxygens (including phenoxy) is 1. The van der Waals surface area contributed by atoms with Crippen LogP contribution < -0.4 is 0 Å². The van der Waals surface area contributed by atoms with Crippen LogP contribution in [-0.2, 0) is 4.74 Å². The van der Waals surface area contributed by atoms with E-state index in [0.29, 0.717) is 23.6 Å². The van der Waals surface area contributed by atoms with Gasteiger partial charge in [-0.3, -0.25) is 4.90 Å². The normalized spacial score (nSPS) is 34.0. The summed E-state index contributed by atoms with van der Waals surface area (Å²) in [7, 11) is 0. The van der Waals surface area contributed by atoms with E-state index >= 15 is 0 Å². The molecular weight excluding hydrogens is 390 g/mol. The van der Waals surface area contributed by atoms with Crippen LogP contribution in [0, 0.1) is 11.3 Å². The Hall–Kier alpha value is -0.580. The molecule has 1 saturated carbocycles. The van der Waals surface area contributed by atoms with Crippen molar-refractivity contribution in [3.63, 3.8) is 0 Å². The van der Waals surface area contributed by atoms with Gasteiger partial charge in [0.2, 0.25) is 0 Å². The molecule has 1 aromatic carbocycles. The first-order valence-corrected chi connectivity index (χ1v) is 9.61. The van der Waals surface area contributed by atoms with E-state index in [2.05, 4.69) is 27.8 Å². The quantitative estimate of drug-likeness (QED) is 0.670. The van der Waals surface area contributed by atoms with E-state index in [1.807, 2.05) is 24.3 Å². The van der Waals surface area contributed by atoms with Gasteiger partial charge < -0.3 is 4.74 Å². The molecule has 0 bridgehead atoms. The van der Waals surface area contributed by atoms with Gasteiger partial charge in [0, 0.05) is 16.6 Å². The molecule has 2 saturated heterocycles. The Morgan fingerprint density at radius 2 is 2.08 bits per heavy atom. The van der Waals surface area contributed by atoms with Crippen molar-refractivity contribution in [2.75, 3.05) is 13.2 Å². The molecule has 132 valence electrons. The van der Waals surface area contributed by atoms with E-state index in [0.717, 1.165) is 16.4 Å². The Kier molecular flexibility index (Phi) is 5.29. The minimum atomic E-state index is -0.199. The van der Waals surface area contributed by atoms with Gasteiger partial charge in [-0.1, -0.05) is 22.9 Å². The van der Waals surface area contributed by atoms with Gasteiger partial charge in [-0.05, 0) is 74.2 Å². The molecule has 5 heteroatoms. The van der Waals surface area contributed by atoms with Crippen molar-refractivity contribution in [2.24, 2.45) is 11.3 Å². The molecular formula is C19H25BrClNO2. The summed E-state index contributed by atoms with van der Waals surface area (Å²) >= 11 is 3.39. The zero-order valence-electron chi connectivity index (χ0n) is 14.0. The van der Waals surface area contributed by atoms with E-state index in [-0.39, 0.29) is 18.4 Å². The fourth-order valence-electron chi connectivity index (χ4n) is 5.37. The zero-order valence-corrected chi connectivity index (χ0v) is 16.4. The molecule has 3 fully saturated rings. The van der Waals surface area contributed by atoms with Crippen LogP contribution in [0.25, 0.3) is 0 Å². The van der Waals surface area contributed by atoms with E-state index in [1.165, 1.54) is 38.6 Å². The lowest BCUT2D eigenvalue weighted by Gasteiger charge is -2.31. The topological polar surface area (TPSA) is 29.5 Å². The smallest absolute Gasteiger partial charge is 0.338 e. The summed E-state index contributed by atoms with van der Waals surface area (Å²) in [5.74, 6) is 0.629. The Morgan fingerprint density at radius 1 is 1.33 bits per heavy atom. The van der Waals surface area contributed by atoms with Crippen LogP contribution in [0.2, 0.25) is 0 Å². The number of nitrogens with zero attached hydrogens (tertiary/aromatic N) is 1. The lowest BCUT2D eigenvalue weighted by atomic mass is 9.79. The molecule has 24 heavy (non-hydrogen) atoms. The fraction of sp³-hybridized carbons (Fsp3) is 0.632. The van der Waals surface area contributed by atoms with Crippen LogP contribution in [0.4, 0.5) is 0 Å². The maximum Gasteiger partial charge on any atom is 0.338 e. The molecule has 4 rings (SSSR count). The largest absolute Gasteiger partial charge is 0.460 e. The van der Waals surface area contributed by atoms with Crippen LogP contribution in [0.5, 0.6) is 0 Å². The molecule has 3 aliphatic rings. The summed E-state index contributed by atoms with van der Waals surface area (Å²) < 4.78 is 6.62. The Balaban J connectivity index is 0.00000169. The summed E-state index contributed by atoms with van der Waals surface area (Å²) in [5, 5.41) is 0. The van der Waals surface area contributed by atoms with Crippen molar-refractivity contribution in [2.45, 2.75) is 51.1 Å². The Morgan fingerprint density at radius 3 is 2.79 bits per heavy atom. The monoisotopic (exact) mass is 413 g/mol. The molecule has 0 radical (unpaired) electrons. The summed E-state index contributed by atoms with van der Waals surface area (Å²) in [4.78, 5) is 14.9. The Bertz CT molecular complexity index is 608. The first-order valence-electron chi connectivity index (χ1n) is 8.81. The summed E-state index contributed by atoms with van der Waals surface area (Å²) in [6.45, 7) is 4.09. The number of benzene rings is 1. The standard InChI is InChI=1S/C19H24BrNO2.ClH/c1-2-19-8-7-14-11-16(21(10-9-19)17(14)19)12-23-18(22)13-3-5-15(20)6-4-13;/h3-6,14,16-17H,2,7-12H2,1H3;1H/t14-,16+,17+,19+;/m1./s1. The highest BCUT2D eigenvalue weighted by Gasteiger charge is 2.59. The molecule has 4 atom stereocenters. The van der Waals surface area contributed by atoms with Crippen molar-refractivity contribution in [1.29, 1.82) is 0 Å². The molecule has 1 aliphatic carbocycles. The predicted molar refractivity (Wildman–Crippen MR) is 101 cm³/mol. The maximum absolute atomic E-state index is 12.2. The number of halogens is 2. The third kappa shape index (κ3) is 2.91. The second-order valence-corrected chi connectivity index (χ2v) is 8.36. The summed E-state index contributed by atoms with van der Waals surface area (Å²) in [6, 6.07) is 8.57. The van der Waals surface area contributed by atoms with Crippen molar-refractivity contribution < 1.29 is 9.53 Å². The van der Waals surface area contributed by atoms with Gasteiger partial charge in [-0.2, -0.15) is 0 Å². The molecule has 1 aromatic rings. The van der Waals surface area contributed by atoms with Crippen LogP contribution in [-0.4, -0.2) is 36.1 Å². The van der Waals surface area contributed by atoms with Gasteiger partial charge >= 0.3 is 5.97 Å². The number of carbonyl (C=O) groups is 1. The van der Waals surface area contributed by atoms with Crippen LogP contribution >= 0.6 is 28.3 Å². The van der Waals surface area contributed by atoms with Gasteiger partial charge in [-0.25, -0.2) is 4.79 Å². The zero-order chi connectivity index (χ0) is 16.0. The molecule has 0 spiro atoms. The molecule has 0 N–H and O–H groups in total. The number of hydrogen-bond acceptors (Lipinski definition) is 3. The molecule has 3 nitrogen and oxygen atoms in total. The van der Waals surface area contributed by atoms with Crippen molar-refractivity contribution in [3.05, 3.63) is 34.3 Å². The number of hydrogen-bond donors (Lipinski definition) is 0. The summed E-state index contributed by atoms with van der Waals surface area (Å²) in [6.07, 6.45) is 6.62. The highest BCUT2D eigenvalue weighted by Crippen LogP contribution is 2.58. The van der Waals surface area contributed by atoms with Gasteiger partial charge in [0.05, 0.1) is 5.56 Å². The molecule has 2 aliphatic heterocycles. The third-order valence-corrected chi connectivity index (χ3v) is 7.08. The minimum absolute atomic E-state index is 0. The SMILES string of the molecule is CC[C@]12CC[C@@H]3C[C@@H](COC(=O)c4ccc(Br)cc4)N(CC1)[C@@H]32.Cl. The van der Waals surface area contributed by atoms with E-state index in [9.17, 15) is 4.79 Å². The van der Waals surface area contributed by atoms with Crippen molar-refractivity contribution in [3.8, 4) is 0 Å². The number of esters is 1. The van der Waals surface area contributed by atoms with Gasteiger partial charge in [0.1, 0.15) is 6.61 Å². The molecule has 0 unspecified atom stereocenters. The van der Waals surface area contributed by atoms with Crippen molar-refractivity contribution in [1.82, 2.24) is 4.90 Å². The average molecular weight is 415 g/mol. The molecule has 2 heterocycles. The summed E-state index contributed by atoms with van der Waals surface area (Å²) in [5.41, 5.74) is 1.20. The first-order chi connectivity index (χ1) is 11.1. The number of rotatable bonds is 4. The number of carbonyl (C=O) groups excluding carboxylic acids is 1. The maximum atomic E-state index is 12.2. The van der Waals surface area contributed by atoms with Crippen LogP contribution in [0.3, 0.4) is 0 Å². The average Bonchev–Trinajstić information content (AvgIpc) is 3.21. The lowest BCUT2D eigenvalue weighted by Crippen LogP contribution is -2.39. The second kappa shape index (κ2) is 6.97. The van der Waals surface area contributed by atoms with Gasteiger partial charge in [-0.15, -0.1) is 12.4 Å². The van der Waals surface area contributed by atoms with Crippen LogP contribution in [0.15, 0.2) is 28.7 Å². The fourth-order valence-corrected chi connectivity index (χ4v) is 5.64. The van der Waals surface area contributed by atoms with Gasteiger partial charge in [0.15, 0.2) is 0 Å². The molecule has 0 amide bonds. The highest BCUT2D eigenvalue weighted by atomic mass is 79.9. The Labute approximate surface area is 158 Å². The predicted octanol–water partition coefficient (Wildman–Crippen LogP) is 4.68. The third-order valence-electron chi connectivity index (χ3n) is 6.55. The minimum Gasteiger partial charge on any atom is -0.460 e. The second-order valence-electron chi connectivity index (χ2n) is 7.44. The van der Waals surface area contributed by atoms with Crippen molar-refractivity contribution >= 4 is 34.3 Å². The van der Waals surface area contributed by atoms with Gasteiger partial charge in [0.25, 0.3) is 0 Å². The lowest BCUT2D eigenvalue weighted by molar-refractivity contribution is 0.0379.